The first-order valence-electron chi connectivity index (χ1n) is 31.6. The van der Waals surface area contributed by atoms with Crippen molar-refractivity contribution in [3.63, 3.8) is 0 Å². The van der Waals surface area contributed by atoms with Crippen molar-refractivity contribution in [2.75, 3.05) is 26.4 Å². The van der Waals surface area contributed by atoms with E-state index in [1.807, 2.05) is 6.08 Å². The van der Waals surface area contributed by atoms with Gasteiger partial charge in [0, 0.05) is 6.42 Å². The molecule has 0 radical (unpaired) electrons. The summed E-state index contributed by atoms with van der Waals surface area (Å²) in [6.07, 6.45) is 21.0. The van der Waals surface area contributed by atoms with Gasteiger partial charge >= 0.3 is 0 Å². The SMILES string of the molecule is CCCCCC/C=C/C(O)C(COC1OC(CO)C(OC2OC(CO)C(OC3OC(CO)C(O)C(O)C3O)C(O)C2O)C(O)C1O)NC(=O)CCCCCCCCCCCCCCCCCCC/C=C\CCCCCCCCCC. The molecule has 0 spiro atoms. The molecule has 19 heteroatoms. The van der Waals surface area contributed by atoms with Gasteiger partial charge in [0.25, 0.3) is 0 Å². The first-order valence-corrected chi connectivity index (χ1v) is 31.6. The second-order valence-corrected chi connectivity index (χ2v) is 22.9. The molecule has 3 rings (SSSR count). The summed E-state index contributed by atoms with van der Waals surface area (Å²) in [5.41, 5.74) is 0. The number of aliphatic hydroxyl groups is 11. The summed E-state index contributed by atoms with van der Waals surface area (Å²) in [4.78, 5) is 13.2. The molecular formula is C61H113NO18. The van der Waals surface area contributed by atoms with Gasteiger partial charge in [0.05, 0.1) is 38.6 Å². The number of hydrogen-bond donors (Lipinski definition) is 12. The van der Waals surface area contributed by atoms with E-state index in [0.717, 1.165) is 51.4 Å². The Morgan fingerprint density at radius 1 is 0.438 bits per heavy atom. The highest BCUT2D eigenvalue weighted by atomic mass is 16.8. The molecule has 0 bridgehead atoms. The average molecular weight is 1150 g/mol. The zero-order valence-corrected chi connectivity index (χ0v) is 49.1. The number of unbranched alkanes of at least 4 members (excludes halogenated alkanes) is 29. The lowest BCUT2D eigenvalue weighted by molar-refractivity contribution is -0.379. The predicted octanol–water partition coefficient (Wildman–Crippen LogP) is 6.32. The lowest BCUT2D eigenvalue weighted by atomic mass is 9.96. The molecule has 12 N–H and O–H groups in total. The Hall–Kier alpha value is -1.73. The van der Waals surface area contributed by atoms with Crippen LogP contribution in [0, 0.1) is 0 Å². The standard InChI is InChI=1S/C61H113NO18/c1-3-5-7-9-11-12-13-14-15-16-17-18-19-20-21-22-23-24-25-26-27-28-29-30-31-32-33-35-37-39-49(67)62-44(45(66)38-36-34-10-8-6-4-2)43-75-59-55(73)52(70)57(47(41-64)77-59)80-61-56(74)53(71)58(48(42-65)78-61)79-60-54(72)51(69)50(68)46(40-63)76-60/h16-17,36,38,44-48,50-61,63-66,68-74H,3-15,18-35,37,39-43H2,1-2H3,(H,62,67)/b17-16-,38-36+. The van der Waals surface area contributed by atoms with Crippen molar-refractivity contribution >= 4 is 5.91 Å². The number of rotatable bonds is 47. The summed E-state index contributed by atoms with van der Waals surface area (Å²) >= 11 is 0. The Labute approximate surface area is 479 Å². The molecule has 19 nitrogen and oxygen atoms in total. The van der Waals surface area contributed by atoms with Crippen LogP contribution < -0.4 is 5.32 Å². The van der Waals surface area contributed by atoms with Gasteiger partial charge in [-0.3, -0.25) is 4.79 Å². The number of hydrogen-bond acceptors (Lipinski definition) is 18. The van der Waals surface area contributed by atoms with Crippen LogP contribution in [-0.4, -0.2) is 193 Å². The highest BCUT2D eigenvalue weighted by Gasteiger charge is 2.53. The molecule has 1 amide bonds. The Kier molecular flexibility index (Phi) is 40.5. The van der Waals surface area contributed by atoms with Gasteiger partial charge in [-0.15, -0.1) is 0 Å². The largest absolute Gasteiger partial charge is 0.394 e. The van der Waals surface area contributed by atoms with Gasteiger partial charge < -0.3 is 89.9 Å². The summed E-state index contributed by atoms with van der Waals surface area (Å²) in [5.74, 6) is -0.279. The van der Waals surface area contributed by atoms with E-state index < -0.39 is 124 Å². The molecule has 3 saturated heterocycles. The van der Waals surface area contributed by atoms with Crippen molar-refractivity contribution in [3.8, 4) is 0 Å². The fraction of sp³-hybridized carbons (Fsp3) is 0.918. The van der Waals surface area contributed by atoms with Crippen molar-refractivity contribution in [1.29, 1.82) is 0 Å². The molecule has 17 atom stereocenters. The van der Waals surface area contributed by atoms with Gasteiger partial charge in [-0.1, -0.05) is 199 Å². The van der Waals surface area contributed by atoms with Crippen molar-refractivity contribution < 1.29 is 89.4 Å². The molecule has 0 saturated carbocycles. The van der Waals surface area contributed by atoms with Crippen molar-refractivity contribution in [2.45, 2.75) is 330 Å². The minimum absolute atomic E-state index is 0.245. The molecule has 3 heterocycles. The van der Waals surface area contributed by atoms with E-state index in [9.17, 15) is 61.0 Å². The van der Waals surface area contributed by atoms with Gasteiger partial charge in [0.2, 0.25) is 5.91 Å². The summed E-state index contributed by atoms with van der Waals surface area (Å²) in [7, 11) is 0. The average Bonchev–Trinajstić information content (AvgIpc) is 3.49. The van der Waals surface area contributed by atoms with Crippen LogP contribution in [0.25, 0.3) is 0 Å². The molecule has 0 aromatic rings. The van der Waals surface area contributed by atoms with Crippen LogP contribution in [0.2, 0.25) is 0 Å². The number of nitrogens with one attached hydrogen (secondary N) is 1. The second-order valence-electron chi connectivity index (χ2n) is 22.9. The quantitative estimate of drug-likeness (QED) is 0.0234. The summed E-state index contributed by atoms with van der Waals surface area (Å²) in [6, 6.07) is -0.966. The van der Waals surface area contributed by atoms with Crippen LogP contribution in [-0.2, 0) is 33.2 Å². The lowest BCUT2D eigenvalue weighted by Gasteiger charge is -2.48. The van der Waals surface area contributed by atoms with Gasteiger partial charge in [-0.05, 0) is 44.9 Å². The summed E-state index contributed by atoms with van der Waals surface area (Å²) in [5, 5.41) is 120. The summed E-state index contributed by atoms with van der Waals surface area (Å²) in [6.45, 7) is 1.63. The topological polar surface area (TPSA) is 307 Å². The number of amides is 1. The number of allylic oxidation sites excluding steroid dienone is 3. The third-order valence-electron chi connectivity index (χ3n) is 16.0. The predicted molar refractivity (Wildman–Crippen MR) is 305 cm³/mol. The highest BCUT2D eigenvalue weighted by Crippen LogP contribution is 2.33. The third-order valence-corrected chi connectivity index (χ3v) is 16.0. The molecule has 17 unspecified atom stereocenters. The van der Waals surface area contributed by atoms with E-state index in [0.29, 0.717) is 6.42 Å². The Morgan fingerprint density at radius 2 is 0.787 bits per heavy atom. The zero-order valence-electron chi connectivity index (χ0n) is 49.1. The minimum atomic E-state index is -1.97. The first-order chi connectivity index (χ1) is 38.8. The van der Waals surface area contributed by atoms with Crippen LogP contribution in [0.3, 0.4) is 0 Å². The molecule has 0 aromatic heterocycles. The molecule has 3 aliphatic rings. The lowest BCUT2D eigenvalue weighted by Crippen LogP contribution is -2.66. The normalized spacial score (nSPS) is 30.1. The van der Waals surface area contributed by atoms with Crippen LogP contribution in [0.5, 0.6) is 0 Å². The van der Waals surface area contributed by atoms with E-state index in [1.54, 1.807) is 6.08 Å². The first kappa shape index (κ1) is 72.5. The molecule has 470 valence electrons. The van der Waals surface area contributed by atoms with Gasteiger partial charge in [-0.2, -0.15) is 0 Å². The van der Waals surface area contributed by atoms with Crippen molar-refractivity contribution in [2.24, 2.45) is 0 Å². The number of aliphatic hydroxyl groups excluding tert-OH is 11. The molecule has 3 aliphatic heterocycles. The van der Waals surface area contributed by atoms with E-state index in [2.05, 4.69) is 31.3 Å². The Morgan fingerprint density at radius 3 is 1.23 bits per heavy atom. The fourth-order valence-corrected chi connectivity index (χ4v) is 10.8. The number of carbonyl (C=O) groups excluding carboxylic acids is 1. The number of carbonyl (C=O) groups is 1. The van der Waals surface area contributed by atoms with E-state index >= 15 is 0 Å². The van der Waals surface area contributed by atoms with Crippen molar-refractivity contribution in [1.82, 2.24) is 5.32 Å². The minimum Gasteiger partial charge on any atom is -0.394 e. The maximum absolute atomic E-state index is 13.2. The summed E-state index contributed by atoms with van der Waals surface area (Å²) < 4.78 is 34.1. The maximum atomic E-state index is 13.2. The molecule has 0 aromatic carbocycles. The molecule has 80 heavy (non-hydrogen) atoms. The van der Waals surface area contributed by atoms with Gasteiger partial charge in [-0.25, -0.2) is 0 Å². The van der Waals surface area contributed by atoms with Crippen LogP contribution in [0.1, 0.15) is 226 Å². The van der Waals surface area contributed by atoms with E-state index in [4.69, 9.17) is 28.4 Å². The van der Waals surface area contributed by atoms with Gasteiger partial charge in [0.1, 0.15) is 73.2 Å². The molecular weight excluding hydrogens is 1030 g/mol. The van der Waals surface area contributed by atoms with Crippen LogP contribution in [0.15, 0.2) is 24.3 Å². The molecule has 0 aliphatic carbocycles. The van der Waals surface area contributed by atoms with Crippen LogP contribution >= 0.6 is 0 Å². The highest BCUT2D eigenvalue weighted by molar-refractivity contribution is 5.76. The molecule has 3 fully saturated rings. The van der Waals surface area contributed by atoms with Crippen molar-refractivity contribution in [3.05, 3.63) is 24.3 Å². The Bertz CT molecular complexity index is 1560. The Balaban J connectivity index is 1.33. The third kappa shape index (κ3) is 28.0. The zero-order chi connectivity index (χ0) is 58.3. The van der Waals surface area contributed by atoms with E-state index in [-0.39, 0.29) is 18.9 Å². The number of ether oxygens (including phenoxy) is 6. The monoisotopic (exact) mass is 1150 g/mol. The van der Waals surface area contributed by atoms with E-state index in [1.165, 1.54) is 148 Å². The van der Waals surface area contributed by atoms with Gasteiger partial charge in [0.15, 0.2) is 18.9 Å². The van der Waals surface area contributed by atoms with Crippen LogP contribution in [0.4, 0.5) is 0 Å². The fourth-order valence-electron chi connectivity index (χ4n) is 10.8. The second kappa shape index (κ2) is 44.7. The maximum Gasteiger partial charge on any atom is 0.220 e. The smallest absolute Gasteiger partial charge is 0.220 e.